The highest BCUT2D eigenvalue weighted by atomic mass is 32.1. The molecule has 28 heavy (non-hydrogen) atoms. The van der Waals surface area contributed by atoms with Crippen molar-refractivity contribution in [2.24, 2.45) is 0 Å². The Morgan fingerprint density at radius 2 is 1.75 bits per heavy atom. The topological polar surface area (TPSA) is 100 Å². The van der Waals surface area contributed by atoms with Crippen molar-refractivity contribution in [3.8, 4) is 0 Å². The fourth-order valence-corrected chi connectivity index (χ4v) is 3.49. The van der Waals surface area contributed by atoms with Crippen LogP contribution in [0.15, 0.2) is 52.7 Å². The van der Waals surface area contributed by atoms with Gasteiger partial charge in [0, 0.05) is 46.7 Å². The number of nitrogens with zero attached hydrogens (tertiary/aromatic N) is 1. The molecule has 3 amide bonds. The van der Waals surface area contributed by atoms with E-state index in [-0.39, 0.29) is 24.1 Å². The number of amides is 3. The number of carbonyl (C=O) groups is 3. The Kier molecular flexibility index (Phi) is 6.88. The van der Waals surface area contributed by atoms with Crippen LogP contribution in [0.3, 0.4) is 0 Å². The highest BCUT2D eigenvalue weighted by molar-refractivity contribution is 7.13. The number of anilines is 2. The third kappa shape index (κ3) is 5.73. The van der Waals surface area contributed by atoms with Crippen LogP contribution in [0.4, 0.5) is 10.8 Å². The standard InChI is InChI=1S/C19H18N4O3S2/c24-16(2-1-8-20-17(25)14-7-10-27-12-14)22-15-5-3-13(4-6-15)18(26)23-19-21-9-11-28-19/h3-7,9-12H,1-2,8H2,(H,20,25)(H,22,24)(H,21,23,26). The van der Waals surface area contributed by atoms with Gasteiger partial charge in [0.25, 0.3) is 11.8 Å². The summed E-state index contributed by atoms with van der Waals surface area (Å²) in [6.45, 7) is 0.429. The van der Waals surface area contributed by atoms with Gasteiger partial charge in [-0.25, -0.2) is 4.98 Å². The van der Waals surface area contributed by atoms with Crippen molar-refractivity contribution in [3.05, 3.63) is 63.8 Å². The molecule has 2 heterocycles. The van der Waals surface area contributed by atoms with Crippen LogP contribution >= 0.6 is 22.7 Å². The summed E-state index contributed by atoms with van der Waals surface area (Å²) in [5.74, 6) is -0.535. The first kappa shape index (κ1) is 19.7. The zero-order valence-electron chi connectivity index (χ0n) is 14.8. The van der Waals surface area contributed by atoms with Crippen LogP contribution < -0.4 is 16.0 Å². The largest absolute Gasteiger partial charge is 0.352 e. The first-order chi connectivity index (χ1) is 13.6. The minimum absolute atomic E-state index is 0.131. The molecule has 0 atom stereocenters. The summed E-state index contributed by atoms with van der Waals surface area (Å²) < 4.78 is 0. The smallest absolute Gasteiger partial charge is 0.257 e. The molecule has 0 unspecified atom stereocenters. The molecule has 3 aromatic rings. The molecule has 0 aliphatic heterocycles. The highest BCUT2D eigenvalue weighted by Gasteiger charge is 2.09. The number of thiazole rings is 1. The van der Waals surface area contributed by atoms with Gasteiger partial charge in [-0.3, -0.25) is 19.7 Å². The van der Waals surface area contributed by atoms with Crippen molar-refractivity contribution in [1.29, 1.82) is 0 Å². The van der Waals surface area contributed by atoms with E-state index in [4.69, 9.17) is 0 Å². The van der Waals surface area contributed by atoms with Gasteiger partial charge in [0.15, 0.2) is 5.13 Å². The Labute approximate surface area is 169 Å². The first-order valence-electron chi connectivity index (χ1n) is 8.53. The number of aromatic nitrogens is 1. The molecular weight excluding hydrogens is 396 g/mol. The van der Waals surface area contributed by atoms with Crippen LogP contribution in [0.2, 0.25) is 0 Å². The predicted octanol–water partition coefficient (Wildman–Crippen LogP) is 3.61. The van der Waals surface area contributed by atoms with Crippen LogP contribution in [-0.2, 0) is 4.79 Å². The Balaban J connectivity index is 1.39. The molecule has 0 spiro atoms. The van der Waals surface area contributed by atoms with Crippen LogP contribution in [0.25, 0.3) is 0 Å². The van der Waals surface area contributed by atoms with Crippen LogP contribution in [0.1, 0.15) is 33.6 Å². The van der Waals surface area contributed by atoms with Crippen molar-refractivity contribution >= 4 is 51.2 Å². The van der Waals surface area contributed by atoms with E-state index in [1.807, 2.05) is 5.38 Å². The lowest BCUT2D eigenvalue weighted by Gasteiger charge is -2.07. The highest BCUT2D eigenvalue weighted by Crippen LogP contribution is 2.14. The second kappa shape index (κ2) is 9.77. The van der Waals surface area contributed by atoms with Crippen LogP contribution in [0, 0.1) is 0 Å². The molecule has 9 heteroatoms. The van der Waals surface area contributed by atoms with Crippen molar-refractivity contribution in [1.82, 2.24) is 10.3 Å². The van der Waals surface area contributed by atoms with Gasteiger partial charge in [0.05, 0.1) is 0 Å². The minimum Gasteiger partial charge on any atom is -0.352 e. The molecule has 0 saturated carbocycles. The number of benzene rings is 1. The average molecular weight is 415 g/mol. The summed E-state index contributed by atoms with van der Waals surface area (Å²) in [7, 11) is 0. The average Bonchev–Trinajstić information content (AvgIpc) is 3.39. The first-order valence-corrected chi connectivity index (χ1v) is 10.4. The number of nitrogens with one attached hydrogen (secondary N) is 3. The number of carbonyl (C=O) groups excluding carboxylic acids is 3. The van der Waals surface area contributed by atoms with Gasteiger partial charge in [-0.1, -0.05) is 0 Å². The zero-order chi connectivity index (χ0) is 19.8. The summed E-state index contributed by atoms with van der Waals surface area (Å²) in [5.41, 5.74) is 1.72. The monoisotopic (exact) mass is 414 g/mol. The number of rotatable bonds is 8. The maximum absolute atomic E-state index is 12.1. The van der Waals surface area contributed by atoms with Gasteiger partial charge in [0.1, 0.15) is 0 Å². The van der Waals surface area contributed by atoms with Gasteiger partial charge in [0.2, 0.25) is 5.91 Å². The second-order valence-corrected chi connectivity index (χ2v) is 7.46. The molecule has 2 aromatic heterocycles. The van der Waals surface area contributed by atoms with Crippen molar-refractivity contribution in [2.45, 2.75) is 12.8 Å². The Morgan fingerprint density at radius 1 is 0.929 bits per heavy atom. The molecule has 0 saturated heterocycles. The maximum atomic E-state index is 12.1. The maximum Gasteiger partial charge on any atom is 0.257 e. The molecule has 1 aromatic carbocycles. The molecular formula is C19H18N4O3S2. The Hall–Kier alpha value is -3.04. The van der Waals surface area contributed by atoms with Gasteiger partial charge in [-0.05, 0) is 42.1 Å². The van der Waals surface area contributed by atoms with Crippen LogP contribution in [0.5, 0.6) is 0 Å². The fourth-order valence-electron chi connectivity index (χ4n) is 2.33. The van der Waals surface area contributed by atoms with E-state index in [0.717, 1.165) is 0 Å². The quantitative estimate of drug-likeness (QED) is 0.490. The molecule has 3 N–H and O–H groups in total. The minimum atomic E-state index is -0.255. The Morgan fingerprint density at radius 3 is 2.43 bits per heavy atom. The van der Waals surface area contributed by atoms with E-state index in [1.165, 1.54) is 22.7 Å². The molecule has 7 nitrogen and oxygen atoms in total. The van der Waals surface area contributed by atoms with E-state index in [1.54, 1.807) is 47.3 Å². The number of thiophene rings is 1. The van der Waals surface area contributed by atoms with E-state index >= 15 is 0 Å². The molecule has 0 fully saturated rings. The van der Waals surface area contributed by atoms with Crippen molar-refractivity contribution < 1.29 is 14.4 Å². The van der Waals surface area contributed by atoms with Gasteiger partial charge in [-0.15, -0.1) is 11.3 Å². The van der Waals surface area contributed by atoms with E-state index < -0.39 is 0 Å². The third-order valence-corrected chi connectivity index (χ3v) is 5.10. The lowest BCUT2D eigenvalue weighted by molar-refractivity contribution is -0.116. The second-order valence-electron chi connectivity index (χ2n) is 5.79. The number of hydrogen-bond acceptors (Lipinski definition) is 6. The molecule has 0 aliphatic carbocycles. The van der Waals surface area contributed by atoms with Crippen molar-refractivity contribution in [2.75, 3.05) is 17.2 Å². The molecule has 3 rings (SSSR count). The fraction of sp³-hybridized carbons (Fsp3) is 0.158. The molecule has 0 radical (unpaired) electrons. The summed E-state index contributed by atoms with van der Waals surface area (Å²) in [4.78, 5) is 39.9. The summed E-state index contributed by atoms with van der Waals surface area (Å²) in [5, 5.41) is 14.2. The van der Waals surface area contributed by atoms with Crippen molar-refractivity contribution in [3.63, 3.8) is 0 Å². The van der Waals surface area contributed by atoms with Gasteiger partial charge < -0.3 is 10.6 Å². The molecule has 144 valence electrons. The van der Waals surface area contributed by atoms with Gasteiger partial charge >= 0.3 is 0 Å². The molecule has 0 bridgehead atoms. The lowest BCUT2D eigenvalue weighted by atomic mass is 10.2. The lowest BCUT2D eigenvalue weighted by Crippen LogP contribution is -2.25. The van der Waals surface area contributed by atoms with E-state index in [0.29, 0.717) is 34.9 Å². The third-order valence-electron chi connectivity index (χ3n) is 3.73. The SMILES string of the molecule is O=C(CCCNC(=O)c1ccsc1)Nc1ccc(C(=O)Nc2nccs2)cc1. The summed E-state index contributed by atoms with van der Waals surface area (Å²) in [6, 6.07) is 8.38. The zero-order valence-corrected chi connectivity index (χ0v) is 16.4. The predicted molar refractivity (Wildman–Crippen MR) is 111 cm³/mol. The summed E-state index contributed by atoms with van der Waals surface area (Å²) >= 11 is 2.81. The molecule has 0 aliphatic rings. The normalized spacial score (nSPS) is 10.3. The van der Waals surface area contributed by atoms with Crippen LogP contribution in [-0.4, -0.2) is 29.3 Å². The van der Waals surface area contributed by atoms with E-state index in [2.05, 4.69) is 20.9 Å². The number of hydrogen-bond donors (Lipinski definition) is 3. The Bertz CT molecular complexity index is 923. The van der Waals surface area contributed by atoms with E-state index in [9.17, 15) is 14.4 Å². The van der Waals surface area contributed by atoms with Gasteiger partial charge in [-0.2, -0.15) is 11.3 Å². The summed E-state index contributed by atoms with van der Waals surface area (Å²) in [6.07, 6.45) is 2.44.